The number of rotatable bonds is 4. The number of nitrogens with two attached hydrogens (primary N) is 1. The Morgan fingerprint density at radius 1 is 1.20 bits per heavy atom. The van der Waals surface area contributed by atoms with Crippen molar-refractivity contribution >= 4 is 0 Å². The zero-order chi connectivity index (χ0) is 14.8. The van der Waals surface area contributed by atoms with Crippen molar-refractivity contribution in [1.82, 2.24) is 0 Å². The lowest BCUT2D eigenvalue weighted by atomic mass is 9.86. The highest BCUT2D eigenvalue weighted by molar-refractivity contribution is 5.38. The number of hydrogen-bond donors (Lipinski definition) is 1. The molecule has 0 aliphatic heterocycles. The molecule has 0 atom stereocenters. The van der Waals surface area contributed by atoms with Gasteiger partial charge in [0.05, 0.1) is 6.54 Å². The average Bonchev–Trinajstić information content (AvgIpc) is 2.76. The van der Waals surface area contributed by atoms with Gasteiger partial charge in [0.2, 0.25) is 0 Å². The number of benzene rings is 1. The Morgan fingerprint density at radius 3 is 2.50 bits per heavy atom. The largest absolute Gasteiger partial charge is 0.488 e. The van der Waals surface area contributed by atoms with Crippen LogP contribution in [0.4, 0.5) is 0 Å². The Labute approximate surface area is 120 Å². The molecule has 2 aromatic rings. The second-order valence-electron chi connectivity index (χ2n) is 6.03. The van der Waals surface area contributed by atoms with Crippen molar-refractivity contribution < 1.29 is 9.15 Å². The fraction of sp³-hybridized carbons (Fsp3) is 0.412. The molecule has 2 rings (SSSR count). The van der Waals surface area contributed by atoms with Crippen molar-refractivity contribution in [2.24, 2.45) is 5.73 Å². The van der Waals surface area contributed by atoms with Crippen LogP contribution in [0, 0.1) is 6.92 Å². The maximum atomic E-state index is 5.99. The van der Waals surface area contributed by atoms with E-state index in [0.717, 1.165) is 22.8 Å². The van der Waals surface area contributed by atoms with Gasteiger partial charge in [0.25, 0.3) is 0 Å². The smallest absolute Gasteiger partial charge is 0.123 e. The third kappa shape index (κ3) is 3.23. The van der Waals surface area contributed by atoms with Gasteiger partial charge in [-0.1, -0.05) is 39.0 Å². The molecule has 0 aliphatic rings. The molecule has 0 saturated heterocycles. The first-order valence-electron chi connectivity index (χ1n) is 6.92. The normalized spacial score (nSPS) is 11.7. The maximum absolute atomic E-state index is 5.99. The lowest BCUT2D eigenvalue weighted by molar-refractivity contribution is 0.294. The van der Waals surface area contributed by atoms with Crippen LogP contribution in [0.25, 0.3) is 0 Å². The highest BCUT2D eigenvalue weighted by atomic mass is 16.5. The van der Waals surface area contributed by atoms with Gasteiger partial charge in [0.15, 0.2) is 0 Å². The summed E-state index contributed by atoms with van der Waals surface area (Å²) in [4.78, 5) is 0. The molecule has 0 radical (unpaired) electrons. The molecule has 20 heavy (non-hydrogen) atoms. The number of furan rings is 1. The summed E-state index contributed by atoms with van der Waals surface area (Å²) in [6.45, 7) is 9.41. The summed E-state index contributed by atoms with van der Waals surface area (Å²) < 4.78 is 11.5. The quantitative estimate of drug-likeness (QED) is 0.918. The number of hydrogen-bond acceptors (Lipinski definition) is 3. The van der Waals surface area contributed by atoms with E-state index in [2.05, 4.69) is 26.8 Å². The van der Waals surface area contributed by atoms with Crippen LogP contribution in [0.5, 0.6) is 5.75 Å². The van der Waals surface area contributed by atoms with Crippen molar-refractivity contribution in [3.8, 4) is 5.75 Å². The van der Waals surface area contributed by atoms with E-state index in [1.54, 1.807) is 0 Å². The first-order valence-corrected chi connectivity index (χ1v) is 6.92. The molecule has 0 saturated carbocycles. The van der Waals surface area contributed by atoms with Gasteiger partial charge in [-0.15, -0.1) is 0 Å². The van der Waals surface area contributed by atoms with E-state index in [1.165, 1.54) is 5.56 Å². The highest BCUT2D eigenvalue weighted by Gasteiger charge is 2.18. The van der Waals surface area contributed by atoms with Crippen molar-refractivity contribution in [3.63, 3.8) is 0 Å². The van der Waals surface area contributed by atoms with Gasteiger partial charge in [-0.05, 0) is 30.0 Å². The van der Waals surface area contributed by atoms with Crippen LogP contribution in [-0.2, 0) is 18.6 Å². The van der Waals surface area contributed by atoms with Gasteiger partial charge in [0, 0.05) is 5.56 Å². The van der Waals surface area contributed by atoms with E-state index in [-0.39, 0.29) is 5.41 Å². The van der Waals surface area contributed by atoms with Crippen LogP contribution < -0.4 is 10.5 Å². The minimum atomic E-state index is 0.0600. The van der Waals surface area contributed by atoms with Gasteiger partial charge >= 0.3 is 0 Å². The summed E-state index contributed by atoms with van der Waals surface area (Å²) >= 11 is 0. The molecule has 0 amide bonds. The fourth-order valence-corrected chi connectivity index (χ4v) is 2.20. The van der Waals surface area contributed by atoms with Gasteiger partial charge in [-0.3, -0.25) is 0 Å². The Bertz CT molecular complexity index is 579. The minimum Gasteiger partial charge on any atom is -0.488 e. The van der Waals surface area contributed by atoms with Crippen molar-refractivity contribution in [1.29, 1.82) is 0 Å². The molecule has 0 bridgehead atoms. The van der Waals surface area contributed by atoms with Crippen LogP contribution in [0.3, 0.4) is 0 Å². The molecule has 0 spiro atoms. The third-order valence-corrected chi connectivity index (χ3v) is 3.35. The highest BCUT2D eigenvalue weighted by Crippen LogP contribution is 2.31. The number of ether oxygens (including phenoxy) is 1. The van der Waals surface area contributed by atoms with Crippen LogP contribution in [-0.4, -0.2) is 0 Å². The fourth-order valence-electron chi connectivity index (χ4n) is 2.20. The Kier molecular flexibility index (Phi) is 4.19. The zero-order valence-electron chi connectivity index (χ0n) is 12.7. The molecule has 0 fully saturated rings. The van der Waals surface area contributed by atoms with E-state index < -0.39 is 0 Å². The summed E-state index contributed by atoms with van der Waals surface area (Å²) in [6, 6.07) is 10.1. The molecule has 0 aliphatic carbocycles. The van der Waals surface area contributed by atoms with Crippen LogP contribution in [0.2, 0.25) is 0 Å². The lowest BCUT2D eigenvalue weighted by Crippen LogP contribution is -2.13. The summed E-state index contributed by atoms with van der Waals surface area (Å²) in [5, 5.41) is 0. The second-order valence-corrected chi connectivity index (χ2v) is 6.03. The van der Waals surface area contributed by atoms with Crippen LogP contribution in [0.15, 0.2) is 34.7 Å². The predicted octanol–water partition coefficient (Wildman–Crippen LogP) is 3.92. The van der Waals surface area contributed by atoms with E-state index in [4.69, 9.17) is 14.9 Å². The van der Waals surface area contributed by atoms with Crippen LogP contribution >= 0.6 is 0 Å². The summed E-state index contributed by atoms with van der Waals surface area (Å²) in [7, 11) is 0. The summed E-state index contributed by atoms with van der Waals surface area (Å²) in [5.74, 6) is 2.60. The Balaban J connectivity index is 2.17. The molecule has 3 heteroatoms. The summed E-state index contributed by atoms with van der Waals surface area (Å²) in [6.07, 6.45) is 0. The molecule has 2 N–H and O–H groups in total. The third-order valence-electron chi connectivity index (χ3n) is 3.35. The van der Waals surface area contributed by atoms with E-state index in [0.29, 0.717) is 13.2 Å². The topological polar surface area (TPSA) is 48.4 Å². The second kappa shape index (κ2) is 5.71. The molecule has 108 valence electrons. The molecule has 1 aromatic heterocycles. The van der Waals surface area contributed by atoms with Crippen molar-refractivity contribution in [2.75, 3.05) is 0 Å². The van der Waals surface area contributed by atoms with Crippen LogP contribution in [0.1, 0.15) is 43.4 Å². The maximum Gasteiger partial charge on any atom is 0.123 e. The van der Waals surface area contributed by atoms with Gasteiger partial charge < -0.3 is 14.9 Å². The average molecular weight is 273 g/mol. The van der Waals surface area contributed by atoms with E-state index >= 15 is 0 Å². The van der Waals surface area contributed by atoms with E-state index in [1.807, 2.05) is 31.2 Å². The molecule has 0 unspecified atom stereocenters. The SMILES string of the molecule is Cc1oc(CN)cc1COc1ccccc1C(C)(C)C. The van der Waals surface area contributed by atoms with Gasteiger partial charge in [0.1, 0.15) is 23.9 Å². The standard InChI is InChI=1S/C17H23NO2/c1-12-13(9-14(10-18)20-12)11-19-16-8-6-5-7-15(16)17(2,3)4/h5-9H,10-11,18H2,1-4H3. The molecular formula is C17H23NO2. The van der Waals surface area contributed by atoms with Gasteiger partial charge in [-0.2, -0.15) is 0 Å². The van der Waals surface area contributed by atoms with Crippen molar-refractivity contribution in [3.05, 3.63) is 53.0 Å². The molecular weight excluding hydrogens is 250 g/mol. The predicted molar refractivity (Wildman–Crippen MR) is 80.8 cm³/mol. The summed E-state index contributed by atoms with van der Waals surface area (Å²) in [5.41, 5.74) is 7.90. The Hall–Kier alpha value is -1.74. The first-order chi connectivity index (χ1) is 9.41. The van der Waals surface area contributed by atoms with Crippen molar-refractivity contribution in [2.45, 2.75) is 46.3 Å². The number of para-hydroxylation sites is 1. The minimum absolute atomic E-state index is 0.0600. The van der Waals surface area contributed by atoms with E-state index in [9.17, 15) is 0 Å². The molecule has 3 nitrogen and oxygen atoms in total. The Morgan fingerprint density at radius 2 is 1.90 bits per heavy atom. The lowest BCUT2D eigenvalue weighted by Gasteiger charge is -2.22. The number of aryl methyl sites for hydroxylation is 1. The monoisotopic (exact) mass is 273 g/mol. The molecule has 1 aromatic carbocycles. The van der Waals surface area contributed by atoms with Gasteiger partial charge in [-0.25, -0.2) is 0 Å². The molecule has 1 heterocycles. The first kappa shape index (κ1) is 14.7. The zero-order valence-corrected chi connectivity index (χ0v) is 12.7.